The van der Waals surface area contributed by atoms with Gasteiger partial charge in [-0.2, -0.15) is 0 Å². The van der Waals surface area contributed by atoms with Gasteiger partial charge in [0, 0.05) is 6.21 Å². The number of halogens is 1. The van der Waals surface area contributed by atoms with Crippen LogP contribution >= 0.6 is 0 Å². The first-order valence-electron chi connectivity index (χ1n) is 8.47. The fourth-order valence-electron chi connectivity index (χ4n) is 2.39. The Morgan fingerprint density at radius 2 is 1.58 bits per heavy atom. The first-order chi connectivity index (χ1) is 12.7. The molecule has 0 saturated carbocycles. The van der Waals surface area contributed by atoms with Gasteiger partial charge >= 0.3 is 0 Å². The summed E-state index contributed by atoms with van der Waals surface area (Å²) in [4.78, 5) is 4.45. The van der Waals surface area contributed by atoms with Crippen LogP contribution in [0.3, 0.4) is 0 Å². The predicted molar refractivity (Wildman–Crippen MR) is 102 cm³/mol. The summed E-state index contributed by atoms with van der Waals surface area (Å²) in [7, 11) is 0. The molecule has 0 radical (unpaired) electrons. The molecule has 0 aliphatic heterocycles. The highest BCUT2D eigenvalue weighted by molar-refractivity contribution is 5.82. The van der Waals surface area contributed by atoms with Crippen molar-refractivity contribution in [2.24, 2.45) is 4.99 Å². The van der Waals surface area contributed by atoms with Crippen molar-refractivity contribution in [3.63, 3.8) is 0 Å². The summed E-state index contributed by atoms with van der Waals surface area (Å²) in [6.07, 6.45) is 1.80. The third-order valence-electron chi connectivity index (χ3n) is 3.69. The SMILES string of the molecule is CCOc1ccc(N=Cc2ccc(OCc3cccc(F)c3)cc2)cc1. The van der Waals surface area contributed by atoms with Crippen LogP contribution in [-0.4, -0.2) is 12.8 Å². The van der Waals surface area contributed by atoms with Crippen LogP contribution in [0.1, 0.15) is 18.1 Å². The standard InChI is InChI=1S/C22H20FNO2/c1-2-25-21-12-8-20(9-13-21)24-15-17-6-10-22(11-7-17)26-16-18-4-3-5-19(23)14-18/h3-15H,2,16H2,1H3. The lowest BCUT2D eigenvalue weighted by molar-refractivity contribution is 0.305. The second kappa shape index (κ2) is 8.81. The van der Waals surface area contributed by atoms with Crippen molar-refractivity contribution < 1.29 is 13.9 Å². The molecule has 0 amide bonds. The van der Waals surface area contributed by atoms with Crippen molar-refractivity contribution in [3.8, 4) is 11.5 Å². The molecule has 0 aromatic heterocycles. The summed E-state index contributed by atoms with van der Waals surface area (Å²) in [6.45, 7) is 2.94. The van der Waals surface area contributed by atoms with E-state index in [9.17, 15) is 4.39 Å². The Bertz CT molecular complexity index is 858. The van der Waals surface area contributed by atoms with Crippen LogP contribution < -0.4 is 9.47 Å². The van der Waals surface area contributed by atoms with Gasteiger partial charge in [-0.15, -0.1) is 0 Å². The molecule has 0 unspecified atom stereocenters. The van der Waals surface area contributed by atoms with Gasteiger partial charge in [0.15, 0.2) is 0 Å². The minimum Gasteiger partial charge on any atom is -0.494 e. The number of nitrogens with zero attached hydrogens (tertiary/aromatic N) is 1. The maximum atomic E-state index is 13.2. The van der Waals surface area contributed by atoms with Gasteiger partial charge in [0.05, 0.1) is 12.3 Å². The average Bonchev–Trinajstić information content (AvgIpc) is 2.67. The molecule has 0 N–H and O–H groups in total. The minimum absolute atomic E-state index is 0.257. The van der Waals surface area contributed by atoms with Gasteiger partial charge in [0.1, 0.15) is 23.9 Å². The predicted octanol–water partition coefficient (Wildman–Crippen LogP) is 5.55. The lowest BCUT2D eigenvalue weighted by Crippen LogP contribution is -1.96. The van der Waals surface area contributed by atoms with Crippen molar-refractivity contribution in [3.05, 3.63) is 89.7 Å². The molecule has 0 aliphatic carbocycles. The summed E-state index contributed by atoms with van der Waals surface area (Å²) >= 11 is 0. The zero-order valence-electron chi connectivity index (χ0n) is 14.6. The van der Waals surface area contributed by atoms with E-state index in [2.05, 4.69) is 4.99 Å². The van der Waals surface area contributed by atoms with E-state index in [0.29, 0.717) is 13.2 Å². The molecule has 0 heterocycles. The van der Waals surface area contributed by atoms with Crippen LogP contribution in [0.2, 0.25) is 0 Å². The molecule has 4 heteroatoms. The maximum absolute atomic E-state index is 13.2. The van der Waals surface area contributed by atoms with E-state index in [0.717, 1.165) is 28.3 Å². The summed E-state index contributed by atoms with van der Waals surface area (Å²) < 4.78 is 24.2. The molecule has 0 aliphatic rings. The van der Waals surface area contributed by atoms with Crippen molar-refractivity contribution in [2.45, 2.75) is 13.5 Å². The Hall–Kier alpha value is -3.14. The van der Waals surface area contributed by atoms with E-state index in [-0.39, 0.29) is 5.82 Å². The van der Waals surface area contributed by atoms with Gasteiger partial charge in [0.2, 0.25) is 0 Å². The Kier molecular flexibility index (Phi) is 5.99. The third kappa shape index (κ3) is 5.18. The largest absolute Gasteiger partial charge is 0.494 e. The molecule has 0 fully saturated rings. The van der Waals surface area contributed by atoms with Crippen LogP contribution in [0.4, 0.5) is 10.1 Å². The van der Waals surface area contributed by atoms with Crippen molar-refractivity contribution in [1.82, 2.24) is 0 Å². The van der Waals surface area contributed by atoms with E-state index in [1.54, 1.807) is 12.3 Å². The minimum atomic E-state index is -0.257. The highest BCUT2D eigenvalue weighted by atomic mass is 19.1. The van der Waals surface area contributed by atoms with Gasteiger partial charge in [0.25, 0.3) is 0 Å². The highest BCUT2D eigenvalue weighted by Gasteiger charge is 1.98. The second-order valence-electron chi connectivity index (χ2n) is 5.67. The Morgan fingerprint density at radius 1 is 0.885 bits per heavy atom. The fourth-order valence-corrected chi connectivity index (χ4v) is 2.39. The summed E-state index contributed by atoms with van der Waals surface area (Å²) in [5.74, 6) is 1.31. The van der Waals surface area contributed by atoms with E-state index in [4.69, 9.17) is 9.47 Å². The summed E-state index contributed by atoms with van der Waals surface area (Å²) in [5.41, 5.74) is 2.63. The van der Waals surface area contributed by atoms with Gasteiger partial charge < -0.3 is 9.47 Å². The molecule has 26 heavy (non-hydrogen) atoms. The number of benzene rings is 3. The number of ether oxygens (including phenoxy) is 2. The molecule has 0 saturated heterocycles. The first kappa shape index (κ1) is 17.7. The number of aliphatic imine (C=N–C) groups is 1. The molecule has 3 aromatic carbocycles. The molecular formula is C22H20FNO2. The quantitative estimate of drug-likeness (QED) is 0.523. The fraction of sp³-hybridized carbons (Fsp3) is 0.136. The van der Waals surface area contributed by atoms with Gasteiger partial charge in [-0.1, -0.05) is 12.1 Å². The van der Waals surface area contributed by atoms with Crippen LogP contribution in [0.25, 0.3) is 0 Å². The van der Waals surface area contributed by atoms with Crippen LogP contribution in [-0.2, 0) is 6.61 Å². The number of hydrogen-bond acceptors (Lipinski definition) is 3. The third-order valence-corrected chi connectivity index (χ3v) is 3.69. The lowest BCUT2D eigenvalue weighted by atomic mass is 10.2. The highest BCUT2D eigenvalue weighted by Crippen LogP contribution is 2.19. The van der Waals surface area contributed by atoms with Crippen LogP contribution in [0, 0.1) is 5.82 Å². The molecule has 0 spiro atoms. The molecule has 3 nitrogen and oxygen atoms in total. The topological polar surface area (TPSA) is 30.8 Å². The van der Waals surface area contributed by atoms with Gasteiger partial charge in [-0.25, -0.2) is 4.39 Å². The zero-order valence-corrected chi connectivity index (χ0v) is 14.6. The van der Waals surface area contributed by atoms with Crippen molar-refractivity contribution in [2.75, 3.05) is 6.61 Å². The van der Waals surface area contributed by atoms with Crippen molar-refractivity contribution in [1.29, 1.82) is 0 Å². The number of rotatable bonds is 7. The van der Waals surface area contributed by atoms with E-state index in [1.165, 1.54) is 12.1 Å². The smallest absolute Gasteiger partial charge is 0.123 e. The second-order valence-corrected chi connectivity index (χ2v) is 5.67. The number of hydrogen-bond donors (Lipinski definition) is 0. The zero-order chi connectivity index (χ0) is 18.2. The normalized spacial score (nSPS) is 10.8. The summed E-state index contributed by atoms with van der Waals surface area (Å²) in [6, 6.07) is 21.6. The molecule has 132 valence electrons. The Balaban J connectivity index is 1.56. The van der Waals surface area contributed by atoms with Crippen LogP contribution in [0.5, 0.6) is 11.5 Å². The van der Waals surface area contributed by atoms with Gasteiger partial charge in [-0.3, -0.25) is 4.99 Å². The van der Waals surface area contributed by atoms with E-state index in [1.807, 2.05) is 61.5 Å². The molecule has 3 rings (SSSR count). The Morgan fingerprint density at radius 3 is 2.27 bits per heavy atom. The van der Waals surface area contributed by atoms with Crippen LogP contribution in [0.15, 0.2) is 77.8 Å². The maximum Gasteiger partial charge on any atom is 0.123 e. The first-order valence-corrected chi connectivity index (χ1v) is 8.47. The van der Waals surface area contributed by atoms with E-state index >= 15 is 0 Å². The molecule has 3 aromatic rings. The van der Waals surface area contributed by atoms with Gasteiger partial charge in [-0.05, 0) is 78.7 Å². The monoisotopic (exact) mass is 349 g/mol. The lowest BCUT2D eigenvalue weighted by Gasteiger charge is -2.06. The Labute approximate surface area is 152 Å². The molecule has 0 atom stereocenters. The summed E-state index contributed by atoms with van der Waals surface area (Å²) in [5, 5.41) is 0. The molecular weight excluding hydrogens is 329 g/mol. The van der Waals surface area contributed by atoms with E-state index < -0.39 is 0 Å². The van der Waals surface area contributed by atoms with Crippen molar-refractivity contribution >= 4 is 11.9 Å². The average molecular weight is 349 g/mol. The molecule has 0 bridgehead atoms.